The van der Waals surface area contributed by atoms with Crippen LogP contribution in [-0.2, 0) is 29.2 Å². The van der Waals surface area contributed by atoms with Crippen molar-refractivity contribution in [3.63, 3.8) is 0 Å². The fourth-order valence-electron chi connectivity index (χ4n) is 4.20. The van der Waals surface area contributed by atoms with Crippen LogP contribution in [0.5, 0.6) is 0 Å². The molecule has 264 valence electrons. The molecule has 2 aromatic rings. The number of aliphatic hydroxyl groups is 2. The summed E-state index contributed by atoms with van der Waals surface area (Å²) in [5.41, 5.74) is 1.66. The number of aliphatic hydroxyl groups excluding tert-OH is 2. The molecule has 2 rings (SSSR count). The van der Waals surface area contributed by atoms with Crippen LogP contribution in [0.1, 0.15) is 63.1 Å². The molecule has 0 aliphatic heterocycles. The lowest BCUT2D eigenvalue weighted by Gasteiger charge is -2.20. The number of aromatic nitrogens is 2. The van der Waals surface area contributed by atoms with Crippen molar-refractivity contribution in [3.05, 3.63) is 47.4 Å². The lowest BCUT2D eigenvalue weighted by atomic mass is 9.97. The fraction of sp³-hybridized carbons (Fsp3) is 0.536. The zero-order valence-electron chi connectivity index (χ0n) is 26.4. The Morgan fingerprint density at radius 1 is 1.04 bits per heavy atom. The fourth-order valence-corrected chi connectivity index (χ4v) is 4.58. The second-order valence-electron chi connectivity index (χ2n) is 10.8. The molecular formula is C28H42FN5O12S. The number of sulfonamides is 1. The Balaban J connectivity index is 2.05. The molecule has 1 heterocycles. The molecule has 0 saturated carbocycles. The topological polar surface area (TPSA) is 236 Å². The van der Waals surface area contributed by atoms with Crippen molar-refractivity contribution >= 4 is 28.0 Å². The van der Waals surface area contributed by atoms with Gasteiger partial charge in [-0.15, -0.1) is 0 Å². The highest BCUT2D eigenvalue weighted by molar-refractivity contribution is 7.92. The summed E-state index contributed by atoms with van der Waals surface area (Å²) in [6.45, 7) is 3.20. The monoisotopic (exact) mass is 691 g/mol. The number of unbranched alkanes of at least 4 members (excludes halogenated alkanes) is 1. The number of ether oxygens (including phenoxy) is 1. The number of anilines is 1. The first-order chi connectivity index (χ1) is 22.0. The maximum Gasteiger partial charge on any atom is 0.308 e. The van der Waals surface area contributed by atoms with E-state index < -0.39 is 63.9 Å². The summed E-state index contributed by atoms with van der Waals surface area (Å²) < 4.78 is 44.2. The Morgan fingerprint density at radius 2 is 1.70 bits per heavy atom. The van der Waals surface area contributed by atoms with Gasteiger partial charge in [0.05, 0.1) is 53.7 Å². The maximum absolute atomic E-state index is 13.7. The third kappa shape index (κ3) is 14.2. The van der Waals surface area contributed by atoms with E-state index >= 15 is 0 Å². The van der Waals surface area contributed by atoms with Crippen molar-refractivity contribution in [1.29, 1.82) is 0 Å². The van der Waals surface area contributed by atoms with E-state index in [0.29, 0.717) is 35.4 Å². The van der Waals surface area contributed by atoms with E-state index in [0.717, 1.165) is 10.6 Å². The minimum absolute atomic E-state index is 0.0374. The number of hydrogen-bond acceptors (Lipinski definition) is 16. The lowest BCUT2D eigenvalue weighted by Crippen LogP contribution is -2.31. The standard InChI is InChI=1S/C28H42FN5O12S/c1-18(2)26-24(27(19-8-10-20(29)11-9-19)31-28(30-26)32(3)47(4,42)43)13-12-21(35)15-22(36)16-25(37)44-14-6-5-7-23(46-34(40)41)17-45-33(38)39/h8-13,18,21-23,35-36,38-41H,5-7,14-17H2,1-4H3/b13-12+/t21-,22-,23-/m1/s1. The van der Waals surface area contributed by atoms with Crippen LogP contribution in [0.25, 0.3) is 17.3 Å². The number of carbonyl (C=O) groups is 1. The molecule has 1 aromatic heterocycles. The van der Waals surface area contributed by atoms with E-state index in [4.69, 9.17) is 25.6 Å². The first-order valence-corrected chi connectivity index (χ1v) is 16.3. The normalized spacial score (nSPS) is 14.3. The quantitative estimate of drug-likeness (QED) is 0.0664. The number of halogens is 1. The summed E-state index contributed by atoms with van der Waals surface area (Å²) in [4.78, 5) is 30.1. The molecule has 17 nitrogen and oxygen atoms in total. The smallest absolute Gasteiger partial charge is 0.308 e. The summed E-state index contributed by atoms with van der Waals surface area (Å²) >= 11 is 0. The van der Waals surface area contributed by atoms with Gasteiger partial charge < -0.3 is 14.9 Å². The first-order valence-electron chi connectivity index (χ1n) is 14.4. The van der Waals surface area contributed by atoms with Crippen LogP contribution < -0.4 is 4.31 Å². The molecule has 0 fully saturated rings. The van der Waals surface area contributed by atoms with Crippen molar-refractivity contribution in [1.82, 2.24) is 20.7 Å². The minimum Gasteiger partial charge on any atom is -0.466 e. The SMILES string of the molecule is CC(C)c1nc(N(C)S(C)(=O)=O)nc(-c2ccc(F)cc2)c1/C=C/[C@@H](O)C[C@@H](O)CC(=O)OCCCC[C@H](CON(O)O)ON(O)O. The average Bonchev–Trinajstić information content (AvgIpc) is 2.97. The predicted octanol–water partition coefficient (Wildman–Crippen LogP) is 2.42. The summed E-state index contributed by atoms with van der Waals surface area (Å²) in [6, 6.07) is 5.42. The Hall–Kier alpha value is -3.21. The minimum atomic E-state index is -3.71. The Morgan fingerprint density at radius 3 is 2.28 bits per heavy atom. The van der Waals surface area contributed by atoms with E-state index in [1.807, 2.05) is 13.8 Å². The van der Waals surface area contributed by atoms with Crippen molar-refractivity contribution in [2.75, 3.05) is 30.8 Å². The van der Waals surface area contributed by atoms with Crippen LogP contribution >= 0.6 is 0 Å². The van der Waals surface area contributed by atoms with Gasteiger partial charge in [0.1, 0.15) is 18.5 Å². The summed E-state index contributed by atoms with van der Waals surface area (Å²) in [5, 5.41) is 54.7. The number of nitrogens with zero attached hydrogens (tertiary/aromatic N) is 5. The van der Waals surface area contributed by atoms with Crippen LogP contribution in [0.2, 0.25) is 0 Å². The molecule has 0 spiro atoms. The Kier molecular flexibility index (Phi) is 16.1. The molecule has 0 radical (unpaired) electrons. The number of esters is 1. The van der Waals surface area contributed by atoms with Gasteiger partial charge in [-0.25, -0.2) is 36.8 Å². The zero-order valence-corrected chi connectivity index (χ0v) is 27.2. The van der Waals surface area contributed by atoms with Gasteiger partial charge in [0.2, 0.25) is 16.0 Å². The van der Waals surface area contributed by atoms with E-state index in [9.17, 15) is 27.8 Å². The van der Waals surface area contributed by atoms with Crippen LogP contribution in [-0.4, -0.2) is 111 Å². The third-order valence-corrected chi connectivity index (χ3v) is 7.77. The molecule has 0 aliphatic rings. The van der Waals surface area contributed by atoms with Crippen molar-refractivity contribution in [2.45, 2.75) is 70.2 Å². The van der Waals surface area contributed by atoms with Gasteiger partial charge in [0.15, 0.2) is 0 Å². The molecule has 19 heteroatoms. The van der Waals surface area contributed by atoms with Crippen LogP contribution in [0.15, 0.2) is 30.3 Å². The second-order valence-corrected chi connectivity index (χ2v) is 12.8. The van der Waals surface area contributed by atoms with Crippen LogP contribution in [0, 0.1) is 5.82 Å². The van der Waals surface area contributed by atoms with Gasteiger partial charge >= 0.3 is 5.97 Å². The Labute approximate surface area is 271 Å². The Bertz CT molecular complexity index is 1410. The van der Waals surface area contributed by atoms with Crippen LogP contribution in [0.4, 0.5) is 10.3 Å². The van der Waals surface area contributed by atoms with Crippen molar-refractivity contribution < 1.29 is 63.1 Å². The lowest BCUT2D eigenvalue weighted by molar-refractivity contribution is -0.527. The van der Waals surface area contributed by atoms with Gasteiger partial charge in [0, 0.05) is 24.6 Å². The van der Waals surface area contributed by atoms with E-state index in [2.05, 4.69) is 19.6 Å². The number of carbonyl (C=O) groups excluding carboxylic acids is 1. The second kappa shape index (κ2) is 19.0. The third-order valence-electron chi connectivity index (χ3n) is 6.61. The first kappa shape index (κ1) is 40.0. The summed E-state index contributed by atoms with van der Waals surface area (Å²) in [7, 11) is -2.40. The molecule has 0 amide bonds. The molecule has 3 atom stereocenters. The molecule has 0 saturated heterocycles. The van der Waals surface area contributed by atoms with Gasteiger partial charge in [-0.2, -0.15) is 0 Å². The van der Waals surface area contributed by atoms with E-state index in [1.165, 1.54) is 43.5 Å². The molecule has 0 aliphatic carbocycles. The van der Waals surface area contributed by atoms with Crippen molar-refractivity contribution in [2.24, 2.45) is 0 Å². The summed E-state index contributed by atoms with van der Waals surface area (Å²) in [6.07, 6.45) is 0.653. The molecular weight excluding hydrogens is 649 g/mol. The number of hydrogen-bond donors (Lipinski definition) is 6. The van der Waals surface area contributed by atoms with Crippen molar-refractivity contribution in [3.8, 4) is 11.3 Å². The predicted molar refractivity (Wildman–Crippen MR) is 162 cm³/mol. The highest BCUT2D eigenvalue weighted by Gasteiger charge is 2.23. The maximum atomic E-state index is 13.7. The molecule has 0 unspecified atom stereocenters. The van der Waals surface area contributed by atoms with E-state index in [-0.39, 0.29) is 31.3 Å². The molecule has 6 N–H and O–H groups in total. The van der Waals surface area contributed by atoms with Gasteiger partial charge in [0.25, 0.3) is 0 Å². The molecule has 1 aromatic carbocycles. The average molecular weight is 692 g/mol. The number of benzene rings is 1. The molecule has 0 bridgehead atoms. The molecule has 47 heavy (non-hydrogen) atoms. The largest absolute Gasteiger partial charge is 0.466 e. The van der Waals surface area contributed by atoms with Gasteiger partial charge in [-0.1, -0.05) is 26.0 Å². The highest BCUT2D eigenvalue weighted by atomic mass is 32.2. The highest BCUT2D eigenvalue weighted by Crippen LogP contribution is 2.31. The number of rotatable bonds is 20. The van der Waals surface area contributed by atoms with Gasteiger partial charge in [-0.3, -0.25) is 25.6 Å². The van der Waals surface area contributed by atoms with Gasteiger partial charge in [-0.05, 0) is 49.4 Å². The van der Waals surface area contributed by atoms with E-state index in [1.54, 1.807) is 0 Å². The zero-order chi connectivity index (χ0) is 35.3. The summed E-state index contributed by atoms with van der Waals surface area (Å²) in [5.74, 6) is -1.52. The van der Waals surface area contributed by atoms with Crippen LogP contribution in [0.3, 0.4) is 0 Å².